The van der Waals surface area contributed by atoms with E-state index in [1.807, 2.05) is 0 Å². The summed E-state index contributed by atoms with van der Waals surface area (Å²) >= 11 is 0. The third-order valence-electron chi connectivity index (χ3n) is 1.50. The third kappa shape index (κ3) is 4.64. The number of aromatic amines is 1. The summed E-state index contributed by atoms with van der Waals surface area (Å²) in [5.41, 5.74) is 0. The normalized spacial score (nSPS) is 11.8. The predicted molar refractivity (Wildman–Crippen MR) is 50.0 cm³/mol. The summed E-state index contributed by atoms with van der Waals surface area (Å²) in [6.07, 6.45) is 4.61. The fraction of sp³-hybridized carbons (Fsp3) is 0.571. The van der Waals surface area contributed by atoms with Crippen LogP contribution in [0.15, 0.2) is 12.4 Å². The van der Waals surface area contributed by atoms with Gasteiger partial charge in [0.15, 0.2) is 0 Å². The zero-order valence-corrected chi connectivity index (χ0v) is 8.26. The van der Waals surface area contributed by atoms with Gasteiger partial charge in [-0.15, -0.1) is 0 Å². The molecule has 1 heterocycles. The molecule has 0 aromatic carbocycles. The van der Waals surface area contributed by atoms with Gasteiger partial charge < -0.3 is 10.3 Å². The second-order valence-corrected chi connectivity index (χ2v) is 5.10. The molecule has 5 nitrogen and oxygen atoms in total. The number of sulfone groups is 1. The number of hydrogen-bond acceptors (Lipinski definition) is 4. The van der Waals surface area contributed by atoms with E-state index in [1.165, 1.54) is 6.26 Å². The second kappa shape index (κ2) is 4.38. The van der Waals surface area contributed by atoms with Gasteiger partial charge in [-0.2, -0.15) is 0 Å². The van der Waals surface area contributed by atoms with E-state index in [-0.39, 0.29) is 5.75 Å². The van der Waals surface area contributed by atoms with Crippen molar-refractivity contribution >= 4 is 9.84 Å². The summed E-state index contributed by atoms with van der Waals surface area (Å²) in [6, 6.07) is 0. The van der Waals surface area contributed by atoms with Gasteiger partial charge >= 0.3 is 0 Å². The van der Waals surface area contributed by atoms with Gasteiger partial charge in [-0.05, 0) is 0 Å². The molecule has 0 spiro atoms. The molecular formula is C7H13N3O2S. The average Bonchev–Trinajstić information content (AvgIpc) is 2.48. The highest BCUT2D eigenvalue weighted by atomic mass is 32.2. The van der Waals surface area contributed by atoms with Gasteiger partial charge in [0, 0.05) is 25.2 Å². The highest BCUT2D eigenvalue weighted by molar-refractivity contribution is 7.90. The van der Waals surface area contributed by atoms with E-state index in [2.05, 4.69) is 15.3 Å². The lowest BCUT2D eigenvalue weighted by atomic mass is 10.6. The van der Waals surface area contributed by atoms with E-state index in [1.54, 1.807) is 12.4 Å². The molecule has 0 radical (unpaired) electrons. The van der Waals surface area contributed by atoms with Crippen molar-refractivity contribution < 1.29 is 8.42 Å². The molecule has 0 saturated carbocycles. The summed E-state index contributed by atoms with van der Waals surface area (Å²) in [5.74, 6) is 0.974. The molecule has 6 heteroatoms. The van der Waals surface area contributed by atoms with Crippen molar-refractivity contribution in [3.05, 3.63) is 18.2 Å². The Labute approximate surface area is 77.5 Å². The predicted octanol–water partition coefficient (Wildman–Crippen LogP) is -0.456. The Morgan fingerprint density at radius 2 is 2.38 bits per heavy atom. The largest absolute Gasteiger partial charge is 0.348 e. The Morgan fingerprint density at radius 1 is 1.62 bits per heavy atom. The van der Waals surface area contributed by atoms with Crippen molar-refractivity contribution in [2.75, 3.05) is 18.6 Å². The van der Waals surface area contributed by atoms with E-state index in [0.717, 1.165) is 5.82 Å². The number of H-pyrrole nitrogens is 1. The molecule has 0 unspecified atom stereocenters. The third-order valence-corrected chi connectivity index (χ3v) is 2.44. The second-order valence-electron chi connectivity index (χ2n) is 2.84. The summed E-state index contributed by atoms with van der Waals surface area (Å²) < 4.78 is 21.5. The minimum Gasteiger partial charge on any atom is -0.348 e. The number of aromatic nitrogens is 2. The maximum absolute atomic E-state index is 10.7. The fourth-order valence-corrected chi connectivity index (χ4v) is 1.37. The van der Waals surface area contributed by atoms with E-state index >= 15 is 0 Å². The molecule has 0 aliphatic carbocycles. The van der Waals surface area contributed by atoms with E-state index < -0.39 is 9.84 Å². The van der Waals surface area contributed by atoms with Crippen LogP contribution in [0.4, 0.5) is 0 Å². The molecule has 0 aliphatic rings. The lowest BCUT2D eigenvalue weighted by molar-refractivity contribution is 0.595. The quantitative estimate of drug-likeness (QED) is 0.635. The molecule has 1 aromatic rings. The van der Waals surface area contributed by atoms with Crippen molar-refractivity contribution in [3.63, 3.8) is 0 Å². The topological polar surface area (TPSA) is 74.8 Å². The van der Waals surface area contributed by atoms with Crippen LogP contribution in [0.2, 0.25) is 0 Å². The van der Waals surface area contributed by atoms with Gasteiger partial charge in [-0.1, -0.05) is 0 Å². The Balaban J connectivity index is 2.16. The molecule has 0 atom stereocenters. The number of nitrogens with one attached hydrogen (secondary N) is 2. The maximum Gasteiger partial charge on any atom is 0.148 e. The van der Waals surface area contributed by atoms with E-state index in [0.29, 0.717) is 13.1 Å². The van der Waals surface area contributed by atoms with Gasteiger partial charge in [0.05, 0.1) is 12.3 Å². The van der Waals surface area contributed by atoms with Crippen LogP contribution >= 0.6 is 0 Å². The zero-order valence-electron chi connectivity index (χ0n) is 7.45. The summed E-state index contributed by atoms with van der Waals surface area (Å²) in [4.78, 5) is 6.89. The van der Waals surface area contributed by atoms with Crippen molar-refractivity contribution in [2.45, 2.75) is 6.54 Å². The monoisotopic (exact) mass is 203 g/mol. The molecule has 0 fully saturated rings. The number of imidazole rings is 1. The molecule has 0 bridgehead atoms. The van der Waals surface area contributed by atoms with Gasteiger partial charge in [-0.25, -0.2) is 13.4 Å². The van der Waals surface area contributed by atoms with Crippen molar-refractivity contribution in [3.8, 4) is 0 Å². The Morgan fingerprint density at radius 3 is 2.92 bits per heavy atom. The number of nitrogens with zero attached hydrogens (tertiary/aromatic N) is 1. The Bertz CT molecular complexity index is 331. The van der Waals surface area contributed by atoms with Gasteiger partial charge in [-0.3, -0.25) is 0 Å². The Kier molecular flexibility index (Phi) is 3.44. The van der Waals surface area contributed by atoms with E-state index in [4.69, 9.17) is 0 Å². The van der Waals surface area contributed by atoms with Gasteiger partial charge in [0.1, 0.15) is 15.7 Å². The number of hydrogen-bond donors (Lipinski definition) is 2. The molecule has 0 saturated heterocycles. The molecule has 1 rings (SSSR count). The van der Waals surface area contributed by atoms with Crippen LogP contribution in [0.5, 0.6) is 0 Å². The van der Waals surface area contributed by atoms with Crippen LogP contribution in [0.3, 0.4) is 0 Å². The SMILES string of the molecule is CS(=O)(=O)CCNCc1ncc[nH]1. The molecule has 1 aromatic heterocycles. The van der Waals surface area contributed by atoms with Crippen LogP contribution in [0.25, 0.3) is 0 Å². The average molecular weight is 203 g/mol. The fourth-order valence-electron chi connectivity index (χ4n) is 0.859. The summed E-state index contributed by atoms with van der Waals surface area (Å²) in [6.45, 7) is 1.03. The first-order valence-electron chi connectivity index (χ1n) is 3.94. The first-order valence-corrected chi connectivity index (χ1v) is 6.01. The number of rotatable bonds is 5. The van der Waals surface area contributed by atoms with Crippen molar-refractivity contribution in [1.29, 1.82) is 0 Å². The minimum absolute atomic E-state index is 0.160. The van der Waals surface area contributed by atoms with Crippen LogP contribution in [0, 0.1) is 0 Å². The standard InChI is InChI=1S/C7H13N3O2S/c1-13(11,12)5-4-8-6-7-9-2-3-10-7/h2-3,8H,4-6H2,1H3,(H,9,10). The van der Waals surface area contributed by atoms with Gasteiger partial charge in [0.25, 0.3) is 0 Å². The lowest BCUT2D eigenvalue weighted by Crippen LogP contribution is -2.22. The summed E-state index contributed by atoms with van der Waals surface area (Å²) in [7, 11) is -2.86. The van der Waals surface area contributed by atoms with Crippen LogP contribution in [0.1, 0.15) is 5.82 Å². The maximum atomic E-state index is 10.7. The van der Waals surface area contributed by atoms with E-state index in [9.17, 15) is 8.42 Å². The van der Waals surface area contributed by atoms with Gasteiger partial charge in [0.2, 0.25) is 0 Å². The molecular weight excluding hydrogens is 190 g/mol. The highest BCUT2D eigenvalue weighted by Crippen LogP contribution is 1.86. The van der Waals surface area contributed by atoms with Crippen LogP contribution < -0.4 is 5.32 Å². The molecule has 74 valence electrons. The molecule has 13 heavy (non-hydrogen) atoms. The smallest absolute Gasteiger partial charge is 0.148 e. The first kappa shape index (κ1) is 10.2. The van der Waals surface area contributed by atoms with Crippen molar-refractivity contribution in [1.82, 2.24) is 15.3 Å². The summed E-state index contributed by atoms with van der Waals surface area (Å²) in [5, 5.41) is 2.97. The minimum atomic E-state index is -2.86. The highest BCUT2D eigenvalue weighted by Gasteiger charge is 2.00. The molecule has 0 aliphatic heterocycles. The van der Waals surface area contributed by atoms with Crippen LogP contribution in [-0.2, 0) is 16.4 Å². The first-order chi connectivity index (χ1) is 6.08. The zero-order chi connectivity index (χ0) is 9.73. The Hall–Kier alpha value is -0.880. The molecule has 2 N–H and O–H groups in total. The molecule has 0 amide bonds. The lowest BCUT2D eigenvalue weighted by Gasteiger charge is -2.00. The van der Waals surface area contributed by atoms with Crippen molar-refractivity contribution in [2.24, 2.45) is 0 Å². The van der Waals surface area contributed by atoms with Crippen LogP contribution in [-0.4, -0.2) is 36.9 Å².